The van der Waals surface area contributed by atoms with E-state index in [1.165, 1.54) is 0 Å². The van der Waals surface area contributed by atoms with Crippen LogP contribution in [0.4, 0.5) is 0 Å². The maximum Gasteiger partial charge on any atom is 0.247 e. The summed E-state index contributed by atoms with van der Waals surface area (Å²) in [6, 6.07) is 19.0. The van der Waals surface area contributed by atoms with E-state index in [1.807, 2.05) is 60.7 Å². The highest BCUT2D eigenvalue weighted by molar-refractivity contribution is 5.92. The highest BCUT2D eigenvalue weighted by atomic mass is 16.5. The van der Waals surface area contributed by atoms with Crippen LogP contribution >= 0.6 is 0 Å². The molecule has 0 saturated heterocycles. The fraction of sp³-hybridized carbons (Fsp3) is 0.174. The van der Waals surface area contributed by atoms with Crippen molar-refractivity contribution >= 4 is 12.0 Å². The van der Waals surface area contributed by atoms with Crippen molar-refractivity contribution in [2.45, 2.75) is 13.1 Å². The van der Waals surface area contributed by atoms with E-state index in [9.17, 15) is 4.79 Å². The molecule has 144 valence electrons. The zero-order chi connectivity index (χ0) is 19.8. The first-order chi connectivity index (χ1) is 13.7. The molecule has 3 aromatic rings. The first-order valence-corrected chi connectivity index (χ1v) is 8.95. The molecule has 1 heterocycles. The number of furan rings is 1. The smallest absolute Gasteiger partial charge is 0.247 e. The van der Waals surface area contributed by atoms with Crippen molar-refractivity contribution < 1.29 is 18.7 Å². The summed E-state index contributed by atoms with van der Waals surface area (Å²) in [5.74, 6) is 1.98. The summed E-state index contributed by atoms with van der Waals surface area (Å²) in [6.45, 7) is 0.875. The standard InChI is InChI=1S/C23H23NO4/c1-26-20-11-12-22(27-2)19(15-20)10-13-23(25)24(17-21-9-6-14-28-21)16-18-7-4-3-5-8-18/h3-15H,16-17H2,1-2H3/b13-10+. The van der Waals surface area contributed by atoms with E-state index in [4.69, 9.17) is 13.9 Å². The van der Waals surface area contributed by atoms with Gasteiger partial charge in [0, 0.05) is 18.2 Å². The lowest BCUT2D eigenvalue weighted by atomic mass is 10.1. The third-order valence-corrected chi connectivity index (χ3v) is 4.30. The van der Waals surface area contributed by atoms with Crippen molar-refractivity contribution in [3.63, 3.8) is 0 Å². The molecule has 0 spiro atoms. The second-order valence-corrected chi connectivity index (χ2v) is 6.20. The van der Waals surface area contributed by atoms with Gasteiger partial charge in [-0.25, -0.2) is 0 Å². The molecule has 3 rings (SSSR count). The SMILES string of the molecule is COc1ccc(OC)c(/C=C/C(=O)N(Cc2ccccc2)Cc2ccco2)c1. The number of nitrogens with zero attached hydrogens (tertiary/aromatic N) is 1. The van der Waals surface area contributed by atoms with Crippen LogP contribution in [0.3, 0.4) is 0 Å². The maximum atomic E-state index is 12.9. The van der Waals surface area contributed by atoms with E-state index in [0.717, 1.165) is 16.9 Å². The van der Waals surface area contributed by atoms with E-state index < -0.39 is 0 Å². The van der Waals surface area contributed by atoms with E-state index in [2.05, 4.69) is 0 Å². The van der Waals surface area contributed by atoms with Gasteiger partial charge in [0.2, 0.25) is 5.91 Å². The summed E-state index contributed by atoms with van der Waals surface area (Å²) in [6.07, 6.45) is 4.89. The molecule has 1 aromatic heterocycles. The van der Waals surface area contributed by atoms with Crippen molar-refractivity contribution in [3.8, 4) is 11.5 Å². The fourth-order valence-corrected chi connectivity index (χ4v) is 2.84. The summed E-state index contributed by atoms with van der Waals surface area (Å²) in [4.78, 5) is 14.7. The average molecular weight is 377 g/mol. The molecule has 0 aliphatic rings. The second-order valence-electron chi connectivity index (χ2n) is 6.20. The van der Waals surface area contributed by atoms with Gasteiger partial charge < -0.3 is 18.8 Å². The Morgan fingerprint density at radius 3 is 2.50 bits per heavy atom. The third kappa shape index (κ3) is 5.04. The summed E-state index contributed by atoms with van der Waals surface area (Å²) in [7, 11) is 3.20. The Morgan fingerprint density at radius 1 is 1.00 bits per heavy atom. The number of hydrogen-bond donors (Lipinski definition) is 0. The number of carbonyl (C=O) groups excluding carboxylic acids is 1. The Morgan fingerprint density at radius 2 is 1.82 bits per heavy atom. The molecule has 0 saturated carbocycles. The first-order valence-electron chi connectivity index (χ1n) is 8.95. The molecule has 0 radical (unpaired) electrons. The molecular formula is C23H23NO4. The number of benzene rings is 2. The molecule has 28 heavy (non-hydrogen) atoms. The van der Waals surface area contributed by atoms with Crippen LogP contribution in [0, 0.1) is 0 Å². The molecule has 0 unspecified atom stereocenters. The highest BCUT2D eigenvalue weighted by Gasteiger charge is 2.14. The Hall–Kier alpha value is -3.47. The normalized spacial score (nSPS) is 10.8. The maximum absolute atomic E-state index is 12.9. The molecule has 0 bridgehead atoms. The van der Waals surface area contributed by atoms with E-state index in [-0.39, 0.29) is 5.91 Å². The van der Waals surface area contributed by atoms with Crippen LogP contribution in [0.1, 0.15) is 16.9 Å². The van der Waals surface area contributed by atoms with Gasteiger partial charge in [-0.05, 0) is 42.0 Å². The molecule has 0 atom stereocenters. The van der Waals surface area contributed by atoms with Gasteiger partial charge in [0.15, 0.2) is 0 Å². The number of rotatable bonds is 8. The van der Waals surface area contributed by atoms with Crippen molar-refractivity contribution in [1.29, 1.82) is 0 Å². The van der Waals surface area contributed by atoms with Gasteiger partial charge in [-0.3, -0.25) is 4.79 Å². The van der Waals surface area contributed by atoms with Crippen LogP contribution in [0.25, 0.3) is 6.08 Å². The quantitative estimate of drug-likeness (QED) is 0.541. The van der Waals surface area contributed by atoms with Crippen molar-refractivity contribution in [2.24, 2.45) is 0 Å². The van der Waals surface area contributed by atoms with E-state index in [1.54, 1.807) is 37.5 Å². The van der Waals surface area contributed by atoms with Gasteiger partial charge >= 0.3 is 0 Å². The fourth-order valence-electron chi connectivity index (χ4n) is 2.84. The molecule has 0 fully saturated rings. The zero-order valence-corrected chi connectivity index (χ0v) is 16.0. The van der Waals surface area contributed by atoms with Gasteiger partial charge in [0.1, 0.15) is 17.3 Å². The minimum Gasteiger partial charge on any atom is -0.497 e. The molecule has 5 heteroatoms. The monoisotopic (exact) mass is 377 g/mol. The lowest BCUT2D eigenvalue weighted by molar-refractivity contribution is -0.127. The first kappa shape index (κ1) is 19.3. The molecule has 5 nitrogen and oxygen atoms in total. The van der Waals surface area contributed by atoms with Crippen LogP contribution in [0.2, 0.25) is 0 Å². The van der Waals surface area contributed by atoms with Gasteiger partial charge in [-0.15, -0.1) is 0 Å². The summed E-state index contributed by atoms with van der Waals surface area (Å²) >= 11 is 0. The van der Waals surface area contributed by atoms with Crippen molar-refractivity contribution in [1.82, 2.24) is 4.90 Å². The molecule has 0 aliphatic heterocycles. The van der Waals surface area contributed by atoms with Gasteiger partial charge in [0.25, 0.3) is 0 Å². The predicted molar refractivity (Wildman–Crippen MR) is 108 cm³/mol. The Labute approximate surface area is 164 Å². The zero-order valence-electron chi connectivity index (χ0n) is 16.0. The largest absolute Gasteiger partial charge is 0.497 e. The minimum atomic E-state index is -0.120. The van der Waals surface area contributed by atoms with E-state index >= 15 is 0 Å². The highest BCUT2D eigenvalue weighted by Crippen LogP contribution is 2.25. The summed E-state index contributed by atoms with van der Waals surface area (Å²) in [5.41, 5.74) is 1.82. The number of ether oxygens (including phenoxy) is 2. The van der Waals surface area contributed by atoms with Crippen LogP contribution < -0.4 is 9.47 Å². The van der Waals surface area contributed by atoms with Crippen LogP contribution in [-0.2, 0) is 17.9 Å². The Kier molecular flexibility index (Phi) is 6.52. The van der Waals surface area contributed by atoms with E-state index in [0.29, 0.717) is 24.6 Å². The third-order valence-electron chi connectivity index (χ3n) is 4.30. The number of carbonyl (C=O) groups is 1. The van der Waals surface area contributed by atoms with Crippen molar-refractivity contribution in [2.75, 3.05) is 14.2 Å². The minimum absolute atomic E-state index is 0.120. The van der Waals surface area contributed by atoms with Crippen LogP contribution in [-0.4, -0.2) is 25.0 Å². The molecule has 1 amide bonds. The molecule has 2 aromatic carbocycles. The topological polar surface area (TPSA) is 51.9 Å². The summed E-state index contributed by atoms with van der Waals surface area (Å²) < 4.78 is 16.1. The van der Waals surface area contributed by atoms with Crippen LogP contribution in [0.5, 0.6) is 11.5 Å². The Bertz CT molecular complexity index is 917. The summed E-state index contributed by atoms with van der Waals surface area (Å²) in [5, 5.41) is 0. The van der Waals surface area contributed by atoms with Crippen LogP contribution in [0.15, 0.2) is 77.4 Å². The van der Waals surface area contributed by atoms with Gasteiger partial charge in [-0.1, -0.05) is 30.3 Å². The number of methoxy groups -OCH3 is 2. The molecular weight excluding hydrogens is 354 g/mol. The second kappa shape index (κ2) is 9.46. The molecule has 0 aliphatic carbocycles. The number of hydrogen-bond acceptors (Lipinski definition) is 4. The van der Waals surface area contributed by atoms with Gasteiger partial charge in [-0.2, -0.15) is 0 Å². The predicted octanol–water partition coefficient (Wildman–Crippen LogP) is 4.54. The lowest BCUT2D eigenvalue weighted by Gasteiger charge is -2.20. The molecule has 0 N–H and O–H groups in total. The number of amides is 1. The Balaban J connectivity index is 1.81. The lowest BCUT2D eigenvalue weighted by Crippen LogP contribution is -2.28. The van der Waals surface area contributed by atoms with Crippen molar-refractivity contribution in [3.05, 3.63) is 89.9 Å². The average Bonchev–Trinajstić information content (AvgIpc) is 3.25. The van der Waals surface area contributed by atoms with Gasteiger partial charge in [0.05, 0.1) is 27.0 Å².